The normalized spacial score (nSPS) is 11.8. The van der Waals surface area contributed by atoms with Gasteiger partial charge in [0.15, 0.2) is 0 Å². The van der Waals surface area contributed by atoms with Gasteiger partial charge in [0, 0.05) is 24.3 Å². The summed E-state index contributed by atoms with van der Waals surface area (Å²) in [5, 5.41) is 0. The van der Waals surface area contributed by atoms with Gasteiger partial charge in [-0.15, -0.1) is 11.8 Å². The van der Waals surface area contributed by atoms with E-state index in [-0.39, 0.29) is 6.54 Å². The first-order valence-electron chi connectivity index (χ1n) is 5.01. The maximum absolute atomic E-state index is 12.5. The number of rotatable bonds is 5. The summed E-state index contributed by atoms with van der Waals surface area (Å²) in [4.78, 5) is 0.776. The highest BCUT2D eigenvalue weighted by Crippen LogP contribution is 2.32. The molecule has 0 aliphatic carbocycles. The summed E-state index contributed by atoms with van der Waals surface area (Å²) >= 11 is 1.44. The minimum Gasteiger partial charge on any atom is -0.384 e. The van der Waals surface area contributed by atoms with Crippen molar-refractivity contribution in [2.75, 3.05) is 19.5 Å². The number of halogens is 3. The third-order valence-electron chi connectivity index (χ3n) is 2.15. The first-order valence-corrected chi connectivity index (χ1v) is 5.99. The van der Waals surface area contributed by atoms with Crippen LogP contribution in [0.4, 0.5) is 13.2 Å². The Bertz CT molecular complexity index is 368. The molecule has 0 bridgehead atoms. The first kappa shape index (κ1) is 14.3. The average Bonchev–Trinajstić information content (AvgIpc) is 2.28. The van der Waals surface area contributed by atoms with Gasteiger partial charge in [-0.05, 0) is 23.8 Å². The molecule has 17 heavy (non-hydrogen) atoms. The molecule has 1 aromatic rings. The fourth-order valence-electron chi connectivity index (χ4n) is 1.29. The van der Waals surface area contributed by atoms with Crippen LogP contribution in [0.25, 0.3) is 0 Å². The largest absolute Gasteiger partial charge is 0.416 e. The minimum atomic E-state index is -4.32. The van der Waals surface area contributed by atoms with Gasteiger partial charge in [0.25, 0.3) is 0 Å². The zero-order valence-electron chi connectivity index (χ0n) is 9.38. The van der Waals surface area contributed by atoms with E-state index in [4.69, 9.17) is 10.5 Å². The lowest BCUT2D eigenvalue weighted by molar-refractivity contribution is -0.137. The third kappa shape index (κ3) is 4.22. The molecule has 96 valence electrons. The van der Waals surface area contributed by atoms with Gasteiger partial charge in [-0.2, -0.15) is 13.2 Å². The van der Waals surface area contributed by atoms with Crippen LogP contribution in [0.5, 0.6) is 0 Å². The number of ether oxygens (including phenoxy) is 1. The number of hydrogen-bond donors (Lipinski definition) is 1. The van der Waals surface area contributed by atoms with Gasteiger partial charge in [-0.25, -0.2) is 0 Å². The molecule has 0 saturated carbocycles. The smallest absolute Gasteiger partial charge is 0.384 e. The molecule has 2 N–H and O–H groups in total. The van der Waals surface area contributed by atoms with Gasteiger partial charge >= 0.3 is 6.18 Å². The summed E-state index contributed by atoms with van der Waals surface area (Å²) in [5.74, 6) is 0.689. The van der Waals surface area contributed by atoms with Crippen molar-refractivity contribution in [3.05, 3.63) is 29.3 Å². The lowest BCUT2D eigenvalue weighted by Crippen LogP contribution is -2.08. The number of methoxy groups -OCH3 is 1. The van der Waals surface area contributed by atoms with Gasteiger partial charge in [-0.1, -0.05) is 0 Å². The van der Waals surface area contributed by atoms with E-state index in [1.807, 2.05) is 0 Å². The second-order valence-electron chi connectivity index (χ2n) is 3.37. The summed E-state index contributed by atoms with van der Waals surface area (Å²) in [6.07, 6.45) is -4.32. The lowest BCUT2D eigenvalue weighted by atomic mass is 10.1. The molecule has 0 unspecified atom stereocenters. The zero-order chi connectivity index (χ0) is 12.9. The number of thioether (sulfide) groups is 1. The van der Waals surface area contributed by atoms with Gasteiger partial charge in [0.1, 0.15) is 0 Å². The second-order valence-corrected chi connectivity index (χ2v) is 4.50. The van der Waals surface area contributed by atoms with E-state index in [1.165, 1.54) is 17.8 Å². The molecule has 0 spiro atoms. The molecular weight excluding hydrogens is 251 g/mol. The Balaban J connectivity index is 2.86. The van der Waals surface area contributed by atoms with Gasteiger partial charge < -0.3 is 10.5 Å². The molecule has 0 fully saturated rings. The predicted molar refractivity (Wildman–Crippen MR) is 61.9 cm³/mol. The Kier molecular flexibility index (Phi) is 5.30. The maximum atomic E-state index is 12.5. The third-order valence-corrected chi connectivity index (χ3v) is 3.23. The van der Waals surface area contributed by atoms with E-state index in [0.717, 1.165) is 17.0 Å². The topological polar surface area (TPSA) is 35.2 Å². The van der Waals surface area contributed by atoms with Crippen molar-refractivity contribution >= 4 is 11.8 Å². The SMILES string of the molecule is COCCSc1ccc(C(F)(F)F)cc1CN. The highest BCUT2D eigenvalue weighted by atomic mass is 32.2. The van der Waals surface area contributed by atoms with Crippen molar-refractivity contribution in [1.29, 1.82) is 0 Å². The zero-order valence-corrected chi connectivity index (χ0v) is 10.2. The molecule has 0 aromatic heterocycles. The van der Waals surface area contributed by atoms with Gasteiger partial charge in [0.2, 0.25) is 0 Å². The highest BCUT2D eigenvalue weighted by Gasteiger charge is 2.30. The predicted octanol–water partition coefficient (Wildman–Crippen LogP) is 2.90. The Morgan fingerprint density at radius 3 is 2.59 bits per heavy atom. The van der Waals surface area contributed by atoms with E-state index in [0.29, 0.717) is 17.9 Å². The molecule has 0 amide bonds. The van der Waals surface area contributed by atoms with Crippen molar-refractivity contribution in [3.63, 3.8) is 0 Å². The van der Waals surface area contributed by atoms with Gasteiger partial charge in [0.05, 0.1) is 12.2 Å². The molecule has 6 heteroatoms. The summed E-state index contributed by atoms with van der Waals surface area (Å²) in [6, 6.07) is 3.65. The lowest BCUT2D eigenvalue weighted by Gasteiger charge is -2.12. The summed E-state index contributed by atoms with van der Waals surface area (Å²) in [5.41, 5.74) is 5.31. The van der Waals surface area contributed by atoms with E-state index < -0.39 is 11.7 Å². The van der Waals surface area contributed by atoms with Crippen LogP contribution in [-0.4, -0.2) is 19.5 Å². The van der Waals surface area contributed by atoms with E-state index in [1.54, 1.807) is 7.11 Å². The van der Waals surface area contributed by atoms with Crippen molar-refractivity contribution < 1.29 is 17.9 Å². The first-order chi connectivity index (χ1) is 7.99. The second kappa shape index (κ2) is 6.28. The molecular formula is C11H14F3NOS. The summed E-state index contributed by atoms with van der Waals surface area (Å²) < 4.78 is 42.3. The Labute approximate surface area is 102 Å². The van der Waals surface area contributed by atoms with Crippen molar-refractivity contribution in [1.82, 2.24) is 0 Å². The standard InChI is InChI=1S/C11H14F3NOS/c1-16-4-5-17-10-3-2-9(11(12,13)14)6-8(10)7-15/h2-3,6H,4-5,7,15H2,1H3. The van der Waals surface area contributed by atoms with Crippen LogP contribution in [0.2, 0.25) is 0 Å². The molecule has 1 rings (SSSR count). The Morgan fingerprint density at radius 2 is 2.06 bits per heavy atom. The highest BCUT2D eigenvalue weighted by molar-refractivity contribution is 7.99. The van der Waals surface area contributed by atoms with Crippen molar-refractivity contribution in [3.8, 4) is 0 Å². The molecule has 1 aromatic carbocycles. The van der Waals surface area contributed by atoms with E-state index in [9.17, 15) is 13.2 Å². The molecule has 0 saturated heterocycles. The van der Waals surface area contributed by atoms with Crippen LogP contribution in [0, 0.1) is 0 Å². The Hall–Kier alpha value is -0.720. The quantitative estimate of drug-likeness (QED) is 0.656. The van der Waals surface area contributed by atoms with Crippen LogP contribution < -0.4 is 5.73 Å². The number of hydrogen-bond acceptors (Lipinski definition) is 3. The summed E-state index contributed by atoms with van der Waals surface area (Å²) in [7, 11) is 1.58. The van der Waals surface area contributed by atoms with E-state index >= 15 is 0 Å². The van der Waals surface area contributed by atoms with Crippen LogP contribution in [0.3, 0.4) is 0 Å². The van der Waals surface area contributed by atoms with Crippen LogP contribution >= 0.6 is 11.8 Å². The summed E-state index contributed by atoms with van der Waals surface area (Å²) in [6.45, 7) is 0.648. The molecule has 2 nitrogen and oxygen atoms in total. The van der Waals surface area contributed by atoms with Crippen LogP contribution in [-0.2, 0) is 17.5 Å². The number of alkyl halides is 3. The molecule has 0 atom stereocenters. The van der Waals surface area contributed by atoms with Crippen molar-refractivity contribution in [2.45, 2.75) is 17.6 Å². The minimum absolute atomic E-state index is 0.0965. The molecule has 0 radical (unpaired) electrons. The Morgan fingerprint density at radius 1 is 1.35 bits per heavy atom. The maximum Gasteiger partial charge on any atom is 0.416 e. The van der Waals surface area contributed by atoms with E-state index in [2.05, 4.69) is 0 Å². The van der Waals surface area contributed by atoms with Crippen molar-refractivity contribution in [2.24, 2.45) is 5.73 Å². The van der Waals surface area contributed by atoms with Crippen LogP contribution in [0.1, 0.15) is 11.1 Å². The number of benzene rings is 1. The monoisotopic (exact) mass is 265 g/mol. The molecule has 0 aliphatic heterocycles. The fourth-order valence-corrected chi connectivity index (χ4v) is 2.25. The molecule has 0 aliphatic rings. The number of nitrogens with two attached hydrogens (primary N) is 1. The van der Waals surface area contributed by atoms with Crippen LogP contribution in [0.15, 0.2) is 23.1 Å². The average molecular weight is 265 g/mol. The molecule has 0 heterocycles. The van der Waals surface area contributed by atoms with Gasteiger partial charge in [-0.3, -0.25) is 0 Å². The fraction of sp³-hybridized carbons (Fsp3) is 0.455.